The largest absolute Gasteiger partial charge is 0.444 e. The lowest BCUT2D eigenvalue weighted by atomic mass is 10.1. The van der Waals surface area contributed by atoms with Gasteiger partial charge in [0.15, 0.2) is 12.2 Å². The van der Waals surface area contributed by atoms with Crippen molar-refractivity contribution < 1.29 is 8.83 Å². The standard InChI is InChI=1S/C20H17N3O2/c1-14-2-4-16(5-3-14)20-23-18(12-24-20)10-22-17-8-6-15(7-9-17)19-11-21-13-25-19/h2-9,11-13,22H,10H2,1H3. The highest BCUT2D eigenvalue weighted by Gasteiger charge is 2.07. The number of nitrogens with one attached hydrogen (secondary N) is 1. The van der Waals surface area contributed by atoms with Gasteiger partial charge in [0.05, 0.1) is 18.4 Å². The zero-order valence-corrected chi connectivity index (χ0v) is 13.8. The van der Waals surface area contributed by atoms with Crippen molar-refractivity contribution in [2.24, 2.45) is 0 Å². The summed E-state index contributed by atoms with van der Waals surface area (Å²) in [7, 11) is 0. The third-order valence-corrected chi connectivity index (χ3v) is 3.93. The van der Waals surface area contributed by atoms with E-state index in [1.54, 1.807) is 12.5 Å². The van der Waals surface area contributed by atoms with E-state index in [1.165, 1.54) is 12.0 Å². The second-order valence-electron chi connectivity index (χ2n) is 5.81. The van der Waals surface area contributed by atoms with Gasteiger partial charge in [-0.3, -0.25) is 0 Å². The maximum absolute atomic E-state index is 5.58. The van der Waals surface area contributed by atoms with Gasteiger partial charge >= 0.3 is 0 Å². The molecule has 0 fully saturated rings. The SMILES string of the molecule is Cc1ccc(-c2nc(CNc3ccc(-c4cnco4)cc3)co2)cc1. The Morgan fingerprint density at radius 3 is 2.40 bits per heavy atom. The minimum Gasteiger partial charge on any atom is -0.444 e. The van der Waals surface area contributed by atoms with E-state index < -0.39 is 0 Å². The lowest BCUT2D eigenvalue weighted by molar-refractivity contribution is 0.572. The van der Waals surface area contributed by atoms with Crippen LogP contribution in [-0.2, 0) is 6.54 Å². The van der Waals surface area contributed by atoms with Crippen molar-refractivity contribution in [2.75, 3.05) is 5.32 Å². The molecular weight excluding hydrogens is 314 g/mol. The van der Waals surface area contributed by atoms with E-state index >= 15 is 0 Å². The molecule has 2 aromatic carbocycles. The third-order valence-electron chi connectivity index (χ3n) is 3.93. The molecule has 5 heteroatoms. The molecule has 4 rings (SSSR count). The Kier molecular flexibility index (Phi) is 4.04. The number of hydrogen-bond donors (Lipinski definition) is 1. The molecule has 0 unspecified atom stereocenters. The summed E-state index contributed by atoms with van der Waals surface area (Å²) in [4.78, 5) is 8.46. The van der Waals surface area contributed by atoms with Crippen LogP contribution in [0, 0.1) is 6.92 Å². The molecule has 0 aliphatic rings. The number of rotatable bonds is 5. The first kappa shape index (κ1) is 15.2. The van der Waals surface area contributed by atoms with Crippen molar-refractivity contribution in [3.63, 3.8) is 0 Å². The number of aromatic nitrogens is 2. The first-order valence-electron chi connectivity index (χ1n) is 8.02. The van der Waals surface area contributed by atoms with Gasteiger partial charge in [0.2, 0.25) is 5.89 Å². The lowest BCUT2D eigenvalue weighted by Gasteiger charge is -2.04. The Balaban J connectivity index is 1.41. The van der Waals surface area contributed by atoms with Crippen LogP contribution in [0.3, 0.4) is 0 Å². The van der Waals surface area contributed by atoms with Crippen molar-refractivity contribution >= 4 is 5.69 Å². The van der Waals surface area contributed by atoms with E-state index in [0.29, 0.717) is 12.4 Å². The molecular formula is C20H17N3O2. The Labute approximate surface area is 145 Å². The molecule has 0 saturated carbocycles. The van der Waals surface area contributed by atoms with Crippen LogP contribution in [0.4, 0.5) is 5.69 Å². The number of aryl methyl sites for hydroxylation is 1. The molecule has 5 nitrogen and oxygen atoms in total. The molecule has 0 aliphatic heterocycles. The van der Waals surface area contributed by atoms with Gasteiger partial charge in [0, 0.05) is 16.8 Å². The van der Waals surface area contributed by atoms with Gasteiger partial charge in [-0.1, -0.05) is 17.7 Å². The highest BCUT2D eigenvalue weighted by atomic mass is 16.3. The molecule has 124 valence electrons. The van der Waals surface area contributed by atoms with Crippen molar-refractivity contribution in [3.8, 4) is 22.8 Å². The number of anilines is 1. The summed E-state index contributed by atoms with van der Waals surface area (Å²) in [6.45, 7) is 2.65. The van der Waals surface area contributed by atoms with E-state index in [-0.39, 0.29) is 0 Å². The van der Waals surface area contributed by atoms with Gasteiger partial charge in [0.25, 0.3) is 0 Å². The molecule has 25 heavy (non-hydrogen) atoms. The summed E-state index contributed by atoms with van der Waals surface area (Å²) in [5.41, 5.74) is 5.04. The predicted octanol–water partition coefficient (Wildman–Crippen LogP) is 4.92. The summed E-state index contributed by atoms with van der Waals surface area (Å²) in [5.74, 6) is 1.39. The molecule has 0 spiro atoms. The first-order valence-corrected chi connectivity index (χ1v) is 8.02. The monoisotopic (exact) mass is 331 g/mol. The fourth-order valence-corrected chi connectivity index (χ4v) is 2.52. The molecule has 2 heterocycles. The summed E-state index contributed by atoms with van der Waals surface area (Å²) in [5, 5.41) is 3.34. The number of benzene rings is 2. The minimum atomic E-state index is 0.594. The van der Waals surface area contributed by atoms with Crippen LogP contribution >= 0.6 is 0 Å². The Hall–Kier alpha value is -3.34. The van der Waals surface area contributed by atoms with Crippen LogP contribution in [0.1, 0.15) is 11.3 Å². The smallest absolute Gasteiger partial charge is 0.226 e. The maximum Gasteiger partial charge on any atom is 0.226 e. The van der Waals surface area contributed by atoms with Crippen molar-refractivity contribution in [2.45, 2.75) is 13.5 Å². The third kappa shape index (κ3) is 3.45. The summed E-state index contributed by atoms with van der Waals surface area (Å²) in [6, 6.07) is 16.1. The zero-order chi connectivity index (χ0) is 17.1. The molecule has 0 aliphatic carbocycles. The molecule has 4 aromatic rings. The molecule has 1 N–H and O–H groups in total. The quantitative estimate of drug-likeness (QED) is 0.562. The Morgan fingerprint density at radius 1 is 0.920 bits per heavy atom. The highest BCUT2D eigenvalue weighted by molar-refractivity contribution is 5.60. The van der Waals surface area contributed by atoms with E-state index in [1.807, 2.05) is 48.5 Å². The summed E-state index contributed by atoms with van der Waals surface area (Å²) >= 11 is 0. The fourth-order valence-electron chi connectivity index (χ4n) is 2.52. The van der Waals surface area contributed by atoms with E-state index in [9.17, 15) is 0 Å². The van der Waals surface area contributed by atoms with Crippen LogP contribution in [0.15, 0.2) is 76.2 Å². The molecule has 0 bridgehead atoms. The van der Waals surface area contributed by atoms with E-state index in [2.05, 4.69) is 22.2 Å². The molecule has 0 radical (unpaired) electrons. The van der Waals surface area contributed by atoms with Gasteiger partial charge in [-0.25, -0.2) is 9.97 Å². The zero-order valence-electron chi connectivity index (χ0n) is 13.8. The normalized spacial score (nSPS) is 10.8. The maximum atomic E-state index is 5.58. The van der Waals surface area contributed by atoms with Crippen LogP contribution in [0.5, 0.6) is 0 Å². The number of oxazole rings is 2. The summed E-state index contributed by atoms with van der Waals surface area (Å²) in [6.07, 6.45) is 4.81. The van der Waals surface area contributed by atoms with Crippen LogP contribution in [0.2, 0.25) is 0 Å². The Bertz CT molecular complexity index is 940. The fraction of sp³-hybridized carbons (Fsp3) is 0.100. The predicted molar refractivity (Wildman–Crippen MR) is 95.9 cm³/mol. The molecule has 0 atom stereocenters. The average molecular weight is 331 g/mol. The van der Waals surface area contributed by atoms with Gasteiger partial charge < -0.3 is 14.2 Å². The van der Waals surface area contributed by atoms with Crippen LogP contribution < -0.4 is 5.32 Å². The number of hydrogen-bond acceptors (Lipinski definition) is 5. The second-order valence-corrected chi connectivity index (χ2v) is 5.81. The van der Waals surface area contributed by atoms with E-state index in [0.717, 1.165) is 28.3 Å². The van der Waals surface area contributed by atoms with Crippen LogP contribution in [-0.4, -0.2) is 9.97 Å². The average Bonchev–Trinajstić information content (AvgIpc) is 3.33. The number of nitrogens with zero attached hydrogens (tertiary/aromatic N) is 2. The van der Waals surface area contributed by atoms with Crippen molar-refractivity contribution in [1.29, 1.82) is 0 Å². The van der Waals surface area contributed by atoms with E-state index in [4.69, 9.17) is 8.83 Å². The lowest BCUT2D eigenvalue weighted by Crippen LogP contribution is -1.99. The molecule has 0 amide bonds. The molecule has 2 aromatic heterocycles. The summed E-state index contributed by atoms with van der Waals surface area (Å²) < 4.78 is 10.9. The van der Waals surface area contributed by atoms with Gasteiger partial charge in [-0.15, -0.1) is 0 Å². The van der Waals surface area contributed by atoms with Crippen molar-refractivity contribution in [3.05, 3.63) is 78.6 Å². The van der Waals surface area contributed by atoms with Crippen molar-refractivity contribution in [1.82, 2.24) is 9.97 Å². The highest BCUT2D eigenvalue weighted by Crippen LogP contribution is 2.22. The van der Waals surface area contributed by atoms with Crippen LogP contribution in [0.25, 0.3) is 22.8 Å². The van der Waals surface area contributed by atoms with Gasteiger partial charge in [0.1, 0.15) is 6.26 Å². The minimum absolute atomic E-state index is 0.594. The van der Waals surface area contributed by atoms with Gasteiger partial charge in [-0.2, -0.15) is 0 Å². The topological polar surface area (TPSA) is 64.1 Å². The first-order chi connectivity index (χ1) is 12.3. The van der Waals surface area contributed by atoms with Gasteiger partial charge in [-0.05, 0) is 43.3 Å². The molecule has 0 saturated heterocycles. The second kappa shape index (κ2) is 6.65. The Morgan fingerprint density at radius 2 is 1.68 bits per heavy atom.